The topological polar surface area (TPSA) is 55.1 Å². The van der Waals surface area contributed by atoms with Crippen molar-refractivity contribution in [3.63, 3.8) is 0 Å². The number of benzene rings is 2. The molecular formula is C14H9ClN2O2. The summed E-state index contributed by atoms with van der Waals surface area (Å²) in [5, 5.41) is 4.03. The van der Waals surface area contributed by atoms with Crippen molar-refractivity contribution in [1.82, 2.24) is 4.98 Å². The van der Waals surface area contributed by atoms with E-state index in [0.717, 1.165) is 5.69 Å². The van der Waals surface area contributed by atoms with Gasteiger partial charge in [0.15, 0.2) is 0 Å². The SMILES string of the molecule is O=c1oc(Nc2ccc(Cl)cc2)nc2ccccc12. The lowest BCUT2D eigenvalue weighted by molar-refractivity contribution is 0.522. The van der Waals surface area contributed by atoms with Gasteiger partial charge < -0.3 is 9.73 Å². The van der Waals surface area contributed by atoms with E-state index in [2.05, 4.69) is 10.3 Å². The fourth-order valence-electron chi connectivity index (χ4n) is 1.73. The predicted octanol–water partition coefficient (Wildman–Crippen LogP) is 3.59. The highest BCUT2D eigenvalue weighted by Crippen LogP contribution is 2.18. The molecule has 0 aliphatic rings. The molecule has 0 saturated carbocycles. The summed E-state index contributed by atoms with van der Waals surface area (Å²) in [6, 6.07) is 14.2. The van der Waals surface area contributed by atoms with Gasteiger partial charge in [-0.3, -0.25) is 0 Å². The molecule has 1 heterocycles. The zero-order valence-corrected chi connectivity index (χ0v) is 10.5. The van der Waals surface area contributed by atoms with Crippen molar-refractivity contribution >= 4 is 34.2 Å². The summed E-state index contributed by atoms with van der Waals surface area (Å²) in [5.41, 5.74) is 0.924. The summed E-state index contributed by atoms with van der Waals surface area (Å²) in [6.45, 7) is 0. The molecule has 4 nitrogen and oxygen atoms in total. The standard InChI is InChI=1S/C14H9ClN2O2/c15-9-5-7-10(8-6-9)16-14-17-12-4-2-1-3-11(12)13(18)19-14/h1-8H,(H,16,17). The van der Waals surface area contributed by atoms with E-state index in [1.807, 2.05) is 6.07 Å². The molecule has 3 rings (SSSR count). The van der Waals surface area contributed by atoms with Crippen LogP contribution >= 0.6 is 11.6 Å². The Morgan fingerprint density at radius 2 is 1.79 bits per heavy atom. The molecule has 3 aromatic rings. The molecule has 0 spiro atoms. The second-order valence-electron chi connectivity index (χ2n) is 3.96. The summed E-state index contributed by atoms with van der Waals surface area (Å²) in [7, 11) is 0. The predicted molar refractivity (Wildman–Crippen MR) is 75.0 cm³/mol. The Hall–Kier alpha value is -2.33. The third-order valence-electron chi connectivity index (χ3n) is 2.63. The van der Waals surface area contributed by atoms with Crippen molar-refractivity contribution in [1.29, 1.82) is 0 Å². The van der Waals surface area contributed by atoms with Crippen LogP contribution in [-0.4, -0.2) is 4.98 Å². The minimum Gasteiger partial charge on any atom is -0.388 e. The average Bonchev–Trinajstić information content (AvgIpc) is 2.42. The van der Waals surface area contributed by atoms with E-state index >= 15 is 0 Å². The maximum absolute atomic E-state index is 11.8. The van der Waals surface area contributed by atoms with Crippen LogP contribution in [0.2, 0.25) is 5.02 Å². The quantitative estimate of drug-likeness (QED) is 0.775. The molecule has 0 aliphatic carbocycles. The maximum Gasteiger partial charge on any atom is 0.348 e. The maximum atomic E-state index is 11.8. The van der Waals surface area contributed by atoms with Crippen molar-refractivity contribution in [2.45, 2.75) is 0 Å². The van der Waals surface area contributed by atoms with Gasteiger partial charge in [-0.2, -0.15) is 4.98 Å². The van der Waals surface area contributed by atoms with Crippen LogP contribution in [-0.2, 0) is 0 Å². The number of aromatic nitrogens is 1. The van der Waals surface area contributed by atoms with E-state index in [1.54, 1.807) is 42.5 Å². The lowest BCUT2D eigenvalue weighted by Crippen LogP contribution is -2.04. The molecule has 5 heteroatoms. The van der Waals surface area contributed by atoms with E-state index in [4.69, 9.17) is 16.0 Å². The Morgan fingerprint density at radius 3 is 2.58 bits per heavy atom. The first kappa shape index (κ1) is 11.7. The minimum absolute atomic E-state index is 0.158. The van der Waals surface area contributed by atoms with Gasteiger partial charge in [-0.25, -0.2) is 4.79 Å². The van der Waals surface area contributed by atoms with E-state index in [0.29, 0.717) is 15.9 Å². The molecule has 0 unspecified atom stereocenters. The second kappa shape index (κ2) is 4.74. The van der Waals surface area contributed by atoms with E-state index in [-0.39, 0.29) is 6.01 Å². The van der Waals surface area contributed by atoms with Crippen molar-refractivity contribution in [3.05, 3.63) is 64.0 Å². The van der Waals surface area contributed by atoms with Gasteiger partial charge in [0.2, 0.25) is 0 Å². The lowest BCUT2D eigenvalue weighted by atomic mass is 10.2. The molecule has 0 bridgehead atoms. The molecule has 0 radical (unpaired) electrons. The summed E-state index contributed by atoms with van der Waals surface area (Å²) < 4.78 is 5.11. The van der Waals surface area contributed by atoms with Gasteiger partial charge in [-0.05, 0) is 36.4 Å². The first-order valence-electron chi connectivity index (χ1n) is 5.65. The van der Waals surface area contributed by atoms with E-state index in [9.17, 15) is 4.79 Å². The van der Waals surface area contributed by atoms with Gasteiger partial charge in [0, 0.05) is 10.7 Å². The fraction of sp³-hybridized carbons (Fsp3) is 0. The Bertz CT molecular complexity index is 781. The third-order valence-corrected chi connectivity index (χ3v) is 2.88. The van der Waals surface area contributed by atoms with E-state index < -0.39 is 5.63 Å². The van der Waals surface area contributed by atoms with Crippen LogP contribution in [0.25, 0.3) is 10.9 Å². The number of para-hydroxylation sites is 1. The van der Waals surface area contributed by atoms with E-state index in [1.165, 1.54) is 0 Å². The van der Waals surface area contributed by atoms with Crippen molar-refractivity contribution in [3.8, 4) is 0 Å². The highest BCUT2D eigenvalue weighted by atomic mass is 35.5. The Morgan fingerprint density at radius 1 is 1.05 bits per heavy atom. The number of fused-ring (bicyclic) bond motifs is 1. The van der Waals surface area contributed by atoms with Gasteiger partial charge >= 0.3 is 11.6 Å². The van der Waals surface area contributed by atoms with Gasteiger partial charge in [0.1, 0.15) is 0 Å². The summed E-state index contributed by atoms with van der Waals surface area (Å²) >= 11 is 5.80. The number of nitrogens with one attached hydrogen (secondary N) is 1. The van der Waals surface area contributed by atoms with Crippen LogP contribution in [0.4, 0.5) is 11.7 Å². The van der Waals surface area contributed by atoms with Crippen molar-refractivity contribution in [2.75, 3.05) is 5.32 Å². The van der Waals surface area contributed by atoms with Crippen LogP contribution in [0.15, 0.2) is 57.7 Å². The molecule has 0 atom stereocenters. The summed E-state index contributed by atoms with van der Waals surface area (Å²) in [6.07, 6.45) is 0. The van der Waals surface area contributed by atoms with Crippen molar-refractivity contribution < 1.29 is 4.42 Å². The van der Waals surface area contributed by atoms with Crippen LogP contribution in [0.3, 0.4) is 0 Å². The first-order valence-corrected chi connectivity index (χ1v) is 6.03. The largest absolute Gasteiger partial charge is 0.388 e. The molecule has 2 aromatic carbocycles. The normalized spacial score (nSPS) is 10.6. The minimum atomic E-state index is -0.415. The zero-order valence-electron chi connectivity index (χ0n) is 9.76. The number of hydrogen-bond acceptors (Lipinski definition) is 4. The van der Waals surface area contributed by atoms with Crippen LogP contribution in [0.1, 0.15) is 0 Å². The molecule has 0 fully saturated rings. The zero-order chi connectivity index (χ0) is 13.2. The Labute approximate surface area is 113 Å². The average molecular weight is 273 g/mol. The van der Waals surface area contributed by atoms with Crippen molar-refractivity contribution in [2.24, 2.45) is 0 Å². The molecule has 1 aromatic heterocycles. The number of rotatable bonds is 2. The number of hydrogen-bond donors (Lipinski definition) is 1. The fourth-order valence-corrected chi connectivity index (χ4v) is 1.85. The molecule has 19 heavy (non-hydrogen) atoms. The molecule has 0 aliphatic heterocycles. The number of nitrogens with zero attached hydrogens (tertiary/aromatic N) is 1. The molecular weight excluding hydrogens is 264 g/mol. The van der Waals surface area contributed by atoms with Crippen LogP contribution in [0, 0.1) is 0 Å². The third kappa shape index (κ3) is 2.44. The van der Waals surface area contributed by atoms with Gasteiger partial charge in [-0.15, -0.1) is 0 Å². The Balaban J connectivity index is 2.01. The van der Waals surface area contributed by atoms with Crippen LogP contribution < -0.4 is 10.9 Å². The summed E-state index contributed by atoms with van der Waals surface area (Å²) in [4.78, 5) is 16.0. The Kier molecular flexibility index (Phi) is 2.93. The van der Waals surface area contributed by atoms with Gasteiger partial charge in [-0.1, -0.05) is 23.7 Å². The lowest BCUT2D eigenvalue weighted by Gasteiger charge is -2.04. The molecule has 1 N–H and O–H groups in total. The van der Waals surface area contributed by atoms with Crippen LogP contribution in [0.5, 0.6) is 0 Å². The highest BCUT2D eigenvalue weighted by Gasteiger charge is 2.05. The number of anilines is 2. The molecule has 94 valence electrons. The highest BCUT2D eigenvalue weighted by molar-refractivity contribution is 6.30. The van der Waals surface area contributed by atoms with Gasteiger partial charge in [0.05, 0.1) is 10.9 Å². The van der Waals surface area contributed by atoms with Gasteiger partial charge in [0.25, 0.3) is 0 Å². The first-order chi connectivity index (χ1) is 9.22. The summed E-state index contributed by atoms with van der Waals surface area (Å²) in [5.74, 6) is 0. The monoisotopic (exact) mass is 272 g/mol. The molecule has 0 saturated heterocycles. The second-order valence-corrected chi connectivity index (χ2v) is 4.39. The number of halogens is 1. The molecule has 0 amide bonds. The smallest absolute Gasteiger partial charge is 0.348 e.